The molecule has 0 N–H and O–H groups in total. The molecule has 6 rings (SSSR count). The largest absolute Gasteiger partial charge is 0.492 e. The molecule has 1 saturated heterocycles. The molecule has 1 aliphatic heterocycles. The van der Waals surface area contributed by atoms with Crippen LogP contribution in [0.2, 0.25) is 0 Å². The highest BCUT2D eigenvalue weighted by Crippen LogP contribution is 2.42. The standard InChI is InChI=1S/C29H27F3N6O/c1-36-19-34-35-28(36)23-10-3-2-9-22(23)20-7-6-8-21(17-20)38-18-33-24-11-12-25(26(27(24)38)29(30,31)32)39-16-15-37-13-4-5-14-37/h2-3,6-12,17-19H,4-5,13-16H2,1H3. The predicted octanol–water partition coefficient (Wildman–Crippen LogP) is 5.98. The number of halogens is 3. The molecule has 1 fully saturated rings. The Morgan fingerprint density at radius 2 is 1.72 bits per heavy atom. The number of alkyl halides is 3. The molecule has 0 spiro atoms. The van der Waals surface area contributed by atoms with Gasteiger partial charge in [-0.25, -0.2) is 4.98 Å². The minimum atomic E-state index is -4.63. The van der Waals surface area contributed by atoms with E-state index in [1.807, 2.05) is 54.1 Å². The highest BCUT2D eigenvalue weighted by molar-refractivity contribution is 5.85. The molecule has 3 heterocycles. The topological polar surface area (TPSA) is 61.0 Å². The molecule has 0 amide bonds. The Morgan fingerprint density at radius 1 is 0.923 bits per heavy atom. The van der Waals surface area contributed by atoms with Crippen LogP contribution in [-0.2, 0) is 13.2 Å². The Balaban J connectivity index is 1.42. The summed E-state index contributed by atoms with van der Waals surface area (Å²) in [5.74, 6) is 0.513. The van der Waals surface area contributed by atoms with E-state index in [9.17, 15) is 13.2 Å². The lowest BCUT2D eigenvalue weighted by atomic mass is 9.98. The van der Waals surface area contributed by atoms with Gasteiger partial charge < -0.3 is 9.30 Å². The Morgan fingerprint density at radius 3 is 2.46 bits per heavy atom. The Bertz CT molecular complexity index is 1620. The number of hydrogen-bond donors (Lipinski definition) is 0. The van der Waals surface area contributed by atoms with Crippen LogP contribution >= 0.6 is 0 Å². The van der Waals surface area contributed by atoms with E-state index >= 15 is 0 Å². The molecule has 5 aromatic rings. The maximum Gasteiger partial charge on any atom is 0.422 e. The van der Waals surface area contributed by atoms with Crippen molar-refractivity contribution in [3.05, 3.63) is 78.9 Å². The average molecular weight is 533 g/mol. The molecule has 0 atom stereocenters. The second kappa shape index (κ2) is 10.2. The summed E-state index contributed by atoms with van der Waals surface area (Å²) in [4.78, 5) is 6.51. The van der Waals surface area contributed by atoms with Crippen LogP contribution in [0.3, 0.4) is 0 Å². The van der Waals surface area contributed by atoms with Gasteiger partial charge in [0.2, 0.25) is 0 Å². The molecule has 0 aliphatic carbocycles. The van der Waals surface area contributed by atoms with Crippen molar-refractivity contribution in [3.63, 3.8) is 0 Å². The summed E-state index contributed by atoms with van der Waals surface area (Å²) in [7, 11) is 1.86. The molecular weight excluding hydrogens is 505 g/mol. The van der Waals surface area contributed by atoms with E-state index in [2.05, 4.69) is 20.1 Å². The number of likely N-dealkylation sites (tertiary alicyclic amines) is 1. The van der Waals surface area contributed by atoms with Crippen LogP contribution in [0, 0.1) is 0 Å². The summed E-state index contributed by atoms with van der Waals surface area (Å²) in [5, 5.41) is 8.23. The van der Waals surface area contributed by atoms with E-state index in [1.165, 1.54) is 17.0 Å². The number of aromatic nitrogens is 5. The smallest absolute Gasteiger partial charge is 0.422 e. The minimum absolute atomic E-state index is 0.0279. The molecule has 0 bridgehead atoms. The Labute approximate surface area is 223 Å². The number of nitrogens with zero attached hydrogens (tertiary/aromatic N) is 6. The predicted molar refractivity (Wildman–Crippen MR) is 143 cm³/mol. The van der Waals surface area contributed by atoms with Gasteiger partial charge in [-0.05, 0) is 61.3 Å². The normalized spacial score (nSPS) is 14.4. The average Bonchev–Trinajstić information content (AvgIpc) is 3.69. The third-order valence-corrected chi connectivity index (χ3v) is 7.13. The zero-order chi connectivity index (χ0) is 27.0. The first-order chi connectivity index (χ1) is 18.9. The summed E-state index contributed by atoms with van der Waals surface area (Å²) in [5.41, 5.74) is 2.56. The van der Waals surface area contributed by atoms with Crippen LogP contribution in [0.4, 0.5) is 13.2 Å². The van der Waals surface area contributed by atoms with Gasteiger partial charge in [-0.2, -0.15) is 13.2 Å². The SMILES string of the molecule is Cn1cnnc1-c1ccccc1-c1cccc(-n2cnc3ccc(OCCN4CCCC4)c(C(F)(F)F)c32)c1. The summed E-state index contributed by atoms with van der Waals surface area (Å²) < 4.78 is 52.6. The Kier molecular flexibility index (Phi) is 6.56. The lowest BCUT2D eigenvalue weighted by molar-refractivity contribution is -0.137. The zero-order valence-corrected chi connectivity index (χ0v) is 21.4. The van der Waals surface area contributed by atoms with Crippen molar-refractivity contribution < 1.29 is 17.9 Å². The van der Waals surface area contributed by atoms with Crippen LogP contribution in [-0.4, -0.2) is 55.5 Å². The van der Waals surface area contributed by atoms with E-state index in [-0.39, 0.29) is 23.4 Å². The van der Waals surface area contributed by atoms with Gasteiger partial charge in [-0.1, -0.05) is 36.4 Å². The number of benzene rings is 3. The maximum atomic E-state index is 14.5. The van der Waals surface area contributed by atoms with Crippen molar-refractivity contribution in [2.45, 2.75) is 19.0 Å². The first-order valence-corrected chi connectivity index (χ1v) is 12.9. The van der Waals surface area contributed by atoms with Crippen molar-refractivity contribution in [3.8, 4) is 34.0 Å². The fourth-order valence-corrected chi connectivity index (χ4v) is 5.25. The van der Waals surface area contributed by atoms with E-state index in [4.69, 9.17) is 4.74 Å². The van der Waals surface area contributed by atoms with Gasteiger partial charge in [0.05, 0.1) is 11.0 Å². The summed E-state index contributed by atoms with van der Waals surface area (Å²) in [6, 6.07) is 18.1. The number of imidazole rings is 1. The van der Waals surface area contributed by atoms with Gasteiger partial charge in [-0.15, -0.1) is 10.2 Å². The fourth-order valence-electron chi connectivity index (χ4n) is 5.25. The molecule has 0 saturated carbocycles. The molecule has 0 unspecified atom stereocenters. The van der Waals surface area contributed by atoms with Crippen molar-refractivity contribution in [1.29, 1.82) is 0 Å². The van der Waals surface area contributed by atoms with Crippen molar-refractivity contribution >= 4 is 11.0 Å². The van der Waals surface area contributed by atoms with Crippen molar-refractivity contribution in [2.24, 2.45) is 7.05 Å². The molecule has 39 heavy (non-hydrogen) atoms. The number of aryl methyl sites for hydroxylation is 1. The Hall–Kier alpha value is -4.18. The number of hydrogen-bond acceptors (Lipinski definition) is 5. The molecule has 7 nitrogen and oxygen atoms in total. The lowest BCUT2D eigenvalue weighted by Gasteiger charge is -2.19. The maximum absolute atomic E-state index is 14.5. The molecule has 0 radical (unpaired) electrons. The van der Waals surface area contributed by atoms with Crippen LogP contribution in [0.25, 0.3) is 39.2 Å². The third kappa shape index (κ3) is 4.87. The van der Waals surface area contributed by atoms with Gasteiger partial charge in [0.1, 0.15) is 30.6 Å². The summed E-state index contributed by atoms with van der Waals surface area (Å²) >= 11 is 0. The molecule has 1 aliphatic rings. The molecule has 10 heteroatoms. The third-order valence-electron chi connectivity index (χ3n) is 7.13. The molecule has 200 valence electrons. The molecule has 2 aromatic heterocycles. The number of fused-ring (bicyclic) bond motifs is 1. The summed E-state index contributed by atoms with van der Waals surface area (Å²) in [6.45, 7) is 2.70. The highest BCUT2D eigenvalue weighted by Gasteiger charge is 2.38. The van der Waals surface area contributed by atoms with Gasteiger partial charge >= 0.3 is 6.18 Å². The van der Waals surface area contributed by atoms with Crippen LogP contribution in [0.15, 0.2) is 73.3 Å². The fraction of sp³-hybridized carbons (Fsp3) is 0.276. The van der Waals surface area contributed by atoms with Gasteiger partial charge in [0.15, 0.2) is 5.82 Å². The summed E-state index contributed by atoms with van der Waals surface area (Å²) in [6.07, 6.45) is 0.656. The number of ether oxygens (including phenoxy) is 1. The van der Waals surface area contributed by atoms with Crippen LogP contribution in [0.1, 0.15) is 18.4 Å². The van der Waals surface area contributed by atoms with E-state index in [1.54, 1.807) is 18.5 Å². The second-order valence-corrected chi connectivity index (χ2v) is 9.68. The van der Waals surface area contributed by atoms with Gasteiger partial charge in [-0.3, -0.25) is 9.47 Å². The molecular formula is C29H27F3N6O. The lowest BCUT2D eigenvalue weighted by Crippen LogP contribution is -2.25. The quantitative estimate of drug-likeness (QED) is 0.258. The van der Waals surface area contributed by atoms with E-state index in [0.717, 1.165) is 42.6 Å². The molecule has 3 aromatic carbocycles. The first kappa shape index (κ1) is 25.1. The van der Waals surface area contributed by atoms with Crippen molar-refractivity contribution in [1.82, 2.24) is 29.2 Å². The first-order valence-electron chi connectivity index (χ1n) is 12.9. The van der Waals surface area contributed by atoms with Crippen molar-refractivity contribution in [2.75, 3.05) is 26.2 Å². The zero-order valence-electron chi connectivity index (χ0n) is 21.4. The minimum Gasteiger partial charge on any atom is -0.492 e. The van der Waals surface area contributed by atoms with E-state index in [0.29, 0.717) is 18.1 Å². The number of rotatable bonds is 7. The highest BCUT2D eigenvalue weighted by atomic mass is 19.4. The van der Waals surface area contributed by atoms with Crippen LogP contribution in [0.5, 0.6) is 5.75 Å². The van der Waals surface area contributed by atoms with Gasteiger partial charge in [0, 0.05) is 24.8 Å². The van der Waals surface area contributed by atoms with Crippen LogP contribution < -0.4 is 4.74 Å². The van der Waals surface area contributed by atoms with Gasteiger partial charge in [0.25, 0.3) is 0 Å². The monoisotopic (exact) mass is 532 g/mol. The van der Waals surface area contributed by atoms with E-state index < -0.39 is 11.7 Å². The second-order valence-electron chi connectivity index (χ2n) is 9.68.